The summed E-state index contributed by atoms with van der Waals surface area (Å²) in [5.74, 6) is -7.19. The maximum atomic E-state index is 13.7. The largest absolute Gasteiger partial charge is 0.377 e. The molecule has 2 aromatic heterocycles. The first kappa shape index (κ1) is 63.3. The number of halogens is 5. The Morgan fingerprint density at radius 3 is 1.37 bits per heavy atom. The molecule has 0 spiro atoms. The Bertz CT molecular complexity index is 3610. The third-order valence-corrected chi connectivity index (χ3v) is 18.8. The van der Waals surface area contributed by atoms with Crippen molar-refractivity contribution in [1.29, 1.82) is 0 Å². The van der Waals surface area contributed by atoms with E-state index in [9.17, 15) is 27.2 Å². The van der Waals surface area contributed by atoms with E-state index >= 15 is 0 Å². The number of carbonyl (C=O) groups is 2. The predicted molar refractivity (Wildman–Crippen MR) is 347 cm³/mol. The fraction of sp³-hybridized carbons (Fsp3) is 0.400. The lowest BCUT2D eigenvalue weighted by molar-refractivity contribution is 0.0120. The fourth-order valence-corrected chi connectivity index (χ4v) is 13.7. The van der Waals surface area contributed by atoms with E-state index < -0.39 is 35.0 Å². The summed E-state index contributed by atoms with van der Waals surface area (Å²) in [6, 6.07) is 36.6. The van der Waals surface area contributed by atoms with Crippen LogP contribution in [0, 0.1) is 19.3 Å². The molecule has 7 aromatic rings. The van der Waals surface area contributed by atoms with Gasteiger partial charge in [-0.15, -0.1) is 0 Å². The minimum atomic E-state index is -3.12. The summed E-state index contributed by atoms with van der Waals surface area (Å²) >= 11 is 3.58. The van der Waals surface area contributed by atoms with Gasteiger partial charge in [-0.3, -0.25) is 19.6 Å². The van der Waals surface area contributed by atoms with Crippen molar-refractivity contribution in [2.75, 3.05) is 84.6 Å². The number of aromatic nitrogens is 2. The topological polar surface area (TPSA) is 173 Å². The molecule has 6 aliphatic rings. The van der Waals surface area contributed by atoms with E-state index in [1.54, 1.807) is 0 Å². The number of carbonyl (C=O) groups excluding carboxylic acids is 2. The number of ether oxygens (including phenoxy) is 3. The first-order chi connectivity index (χ1) is 42.1. The van der Waals surface area contributed by atoms with Gasteiger partial charge in [0.05, 0.1) is 57.8 Å². The Morgan fingerprint density at radius 2 is 0.933 bits per heavy atom. The van der Waals surface area contributed by atoms with Crippen molar-refractivity contribution in [2.45, 2.75) is 116 Å². The van der Waals surface area contributed by atoms with Crippen LogP contribution in [-0.4, -0.2) is 110 Å². The van der Waals surface area contributed by atoms with Gasteiger partial charge >= 0.3 is 0 Å². The van der Waals surface area contributed by atoms with E-state index in [2.05, 4.69) is 134 Å². The van der Waals surface area contributed by atoms with E-state index in [1.165, 1.54) is 62.8 Å². The molecule has 13 rings (SSSR count). The van der Waals surface area contributed by atoms with E-state index in [1.807, 2.05) is 50.2 Å². The number of anilines is 5. The number of aryl methyl sites for hydroxylation is 2. The van der Waals surface area contributed by atoms with Gasteiger partial charge in [-0.2, -0.15) is 17.6 Å². The second-order valence-corrected chi connectivity index (χ2v) is 26.9. The number of pyridine rings is 2. The third kappa shape index (κ3) is 13.6. The highest BCUT2D eigenvalue weighted by Gasteiger charge is 2.45. The van der Waals surface area contributed by atoms with Gasteiger partial charge in [0, 0.05) is 101 Å². The summed E-state index contributed by atoms with van der Waals surface area (Å²) in [5, 5.41) is 5.68. The summed E-state index contributed by atoms with van der Waals surface area (Å²) in [5.41, 5.74) is 27.2. The SMILES string of the molecule is CC1(C)Cc2ccc(Br)cc2N2CCOCC21.Cc1ccc(NC(=O)c2ccnc(C(C)(F)F)c2)cc1-c1ccc2c(c1)N1CCOC[C@H]1[C@@](C)(N)C2.Cc1ccc(NC(=O)c2ccnc(C(C)(F)F)c2)cc1-c1ccc2c(c1)N1CCOC[C@H]1[C@](C)(N)C2. The van der Waals surface area contributed by atoms with Crippen LogP contribution in [0.5, 0.6) is 0 Å². The molecule has 1 unspecified atom stereocenters. The van der Waals surface area contributed by atoms with Crippen molar-refractivity contribution in [2.24, 2.45) is 16.9 Å². The minimum Gasteiger partial charge on any atom is -0.377 e. The smallest absolute Gasteiger partial charge is 0.286 e. The number of alkyl halides is 4. The van der Waals surface area contributed by atoms with Crippen LogP contribution in [0.3, 0.4) is 0 Å². The maximum absolute atomic E-state index is 13.7. The molecule has 14 nitrogen and oxygen atoms in total. The van der Waals surface area contributed by atoms with Gasteiger partial charge in [0.25, 0.3) is 23.7 Å². The van der Waals surface area contributed by atoms with Gasteiger partial charge in [0.1, 0.15) is 11.4 Å². The highest BCUT2D eigenvalue weighted by Crippen LogP contribution is 2.45. The van der Waals surface area contributed by atoms with Gasteiger partial charge in [-0.1, -0.05) is 72.2 Å². The number of amides is 2. The van der Waals surface area contributed by atoms with Gasteiger partial charge in [0.15, 0.2) is 0 Å². The number of hydrogen-bond acceptors (Lipinski definition) is 12. The highest BCUT2D eigenvalue weighted by atomic mass is 79.9. The predicted octanol–water partition coefficient (Wildman–Crippen LogP) is 13.0. The monoisotopic (exact) mass is 1280 g/mol. The van der Waals surface area contributed by atoms with Gasteiger partial charge in [0.2, 0.25) is 0 Å². The zero-order valence-corrected chi connectivity index (χ0v) is 53.2. The average molecular weight is 1280 g/mol. The molecular weight excluding hydrogens is 1200 g/mol. The van der Waals surface area contributed by atoms with Crippen LogP contribution in [0.1, 0.15) is 101 Å². The van der Waals surface area contributed by atoms with Crippen LogP contribution >= 0.6 is 15.9 Å². The number of morpholine rings is 3. The van der Waals surface area contributed by atoms with Gasteiger partial charge in [-0.05, 0) is 175 Å². The quantitative estimate of drug-likeness (QED) is 0.106. The molecule has 5 atom stereocenters. The third-order valence-electron chi connectivity index (χ3n) is 18.3. The average Bonchev–Trinajstić information content (AvgIpc) is 0.799. The Balaban J connectivity index is 0.000000146. The lowest BCUT2D eigenvalue weighted by Crippen LogP contribution is -2.65. The Kier molecular flexibility index (Phi) is 17.7. The van der Waals surface area contributed by atoms with Crippen molar-refractivity contribution in [1.82, 2.24) is 9.97 Å². The van der Waals surface area contributed by atoms with Crippen LogP contribution in [0.15, 0.2) is 132 Å². The maximum Gasteiger partial charge on any atom is 0.286 e. The second kappa shape index (κ2) is 24.8. The normalized spacial score (nSPS) is 22.4. The molecule has 2 amide bonds. The molecule has 3 fully saturated rings. The van der Waals surface area contributed by atoms with Crippen molar-refractivity contribution < 1.29 is 41.4 Å². The molecule has 6 aliphatic heterocycles. The van der Waals surface area contributed by atoms with Crippen LogP contribution < -0.4 is 36.8 Å². The molecular formula is C70H78BrF4N9O5. The number of nitrogens with zero attached hydrogens (tertiary/aromatic N) is 5. The summed E-state index contributed by atoms with van der Waals surface area (Å²) in [7, 11) is 0. The number of benzene rings is 5. The number of hydrogen-bond donors (Lipinski definition) is 4. The van der Waals surface area contributed by atoms with Crippen LogP contribution in [-0.2, 0) is 45.3 Å². The van der Waals surface area contributed by atoms with E-state index in [0.29, 0.717) is 49.3 Å². The van der Waals surface area contributed by atoms with Crippen molar-refractivity contribution in [3.8, 4) is 22.3 Å². The Labute approximate surface area is 526 Å². The van der Waals surface area contributed by atoms with Crippen LogP contribution in [0.25, 0.3) is 22.3 Å². The molecule has 0 bridgehead atoms. The Morgan fingerprint density at radius 1 is 0.539 bits per heavy atom. The summed E-state index contributed by atoms with van der Waals surface area (Å²) in [6.07, 6.45) is 5.13. The van der Waals surface area contributed by atoms with Crippen molar-refractivity contribution in [3.05, 3.63) is 182 Å². The second-order valence-electron chi connectivity index (χ2n) is 25.9. The number of rotatable bonds is 8. The molecule has 0 aliphatic carbocycles. The molecule has 8 heterocycles. The van der Waals surface area contributed by atoms with E-state index in [4.69, 9.17) is 25.7 Å². The van der Waals surface area contributed by atoms with Crippen molar-refractivity contribution in [3.63, 3.8) is 0 Å². The number of fused-ring (bicyclic) bond motifs is 9. The molecule has 19 heteroatoms. The minimum absolute atomic E-state index is 0.112. The highest BCUT2D eigenvalue weighted by molar-refractivity contribution is 9.10. The lowest BCUT2D eigenvalue weighted by Gasteiger charge is -2.50. The molecule has 89 heavy (non-hydrogen) atoms. The molecule has 5 aromatic carbocycles. The first-order valence-corrected chi connectivity index (χ1v) is 31.1. The number of nitrogens with one attached hydrogen (secondary N) is 2. The van der Waals surface area contributed by atoms with Gasteiger partial charge in [-0.25, -0.2) is 0 Å². The van der Waals surface area contributed by atoms with E-state index in [0.717, 1.165) is 111 Å². The fourth-order valence-electron chi connectivity index (χ4n) is 13.4. The number of nitrogens with two attached hydrogens (primary N) is 2. The van der Waals surface area contributed by atoms with Crippen LogP contribution in [0.2, 0.25) is 0 Å². The van der Waals surface area contributed by atoms with E-state index in [-0.39, 0.29) is 34.3 Å². The van der Waals surface area contributed by atoms with Crippen LogP contribution in [0.4, 0.5) is 46.0 Å². The first-order valence-electron chi connectivity index (χ1n) is 30.3. The zero-order chi connectivity index (χ0) is 63.4. The zero-order valence-electron chi connectivity index (χ0n) is 51.7. The molecule has 0 radical (unpaired) electrons. The molecule has 3 saturated heterocycles. The Hall–Kier alpha value is -7.26. The summed E-state index contributed by atoms with van der Waals surface area (Å²) in [6.45, 7) is 21.3. The van der Waals surface area contributed by atoms with Gasteiger partial charge < -0.3 is 51.0 Å². The summed E-state index contributed by atoms with van der Waals surface area (Å²) < 4.78 is 73.0. The standard InChI is InChI=1S/2C28H30F2N4O2.C14H18BrNO/c2*1-17-4-7-21(33-26(35)19-8-9-32-24(13-19)28(3,29)30)14-22(17)18-5-6-20-15-27(2,31)25-16-36-11-10-34(25)23(20)12-18;1-14(2)8-10-3-4-11(15)7-12(10)16-5-6-17-9-13(14)16/h2*4-9,12-14,25H,10-11,15-16,31H2,1-3H3,(H,33,35);3-4,7,13H,5-6,8-9H2,1-2H3/t25-,27+;25-,27-;/m00./s1. The molecule has 468 valence electrons. The summed E-state index contributed by atoms with van der Waals surface area (Å²) in [4.78, 5) is 40.3. The molecule has 0 saturated carbocycles. The lowest BCUT2D eigenvalue weighted by atomic mass is 9.74. The van der Waals surface area contributed by atoms with Crippen molar-refractivity contribution >= 4 is 56.2 Å². The molecule has 6 N–H and O–H groups in total.